The van der Waals surface area contributed by atoms with Crippen LogP contribution in [0.4, 0.5) is 13.2 Å². The third-order valence-electron chi connectivity index (χ3n) is 4.42. The molecule has 3 rings (SSSR count). The fourth-order valence-electron chi connectivity index (χ4n) is 3.03. The zero-order chi connectivity index (χ0) is 21.6. The molecule has 29 heavy (non-hydrogen) atoms. The molecular formula is C19H13Cl3F3NO3. The van der Waals surface area contributed by atoms with Gasteiger partial charge in [-0.25, -0.2) is 9.63 Å². The van der Waals surface area contributed by atoms with Gasteiger partial charge in [0.15, 0.2) is 0 Å². The molecule has 154 valence electrons. The summed E-state index contributed by atoms with van der Waals surface area (Å²) in [6.45, 7) is 1.62. The van der Waals surface area contributed by atoms with Gasteiger partial charge in [0.05, 0.1) is 23.4 Å². The van der Waals surface area contributed by atoms with Gasteiger partial charge in [0.2, 0.25) is 0 Å². The number of ether oxygens (including phenoxy) is 1. The van der Waals surface area contributed by atoms with Crippen LogP contribution in [0.1, 0.15) is 27.0 Å². The highest BCUT2D eigenvalue weighted by Crippen LogP contribution is 2.54. The quantitative estimate of drug-likeness (QED) is 0.565. The summed E-state index contributed by atoms with van der Waals surface area (Å²) in [6.07, 6.45) is -4.94. The summed E-state index contributed by atoms with van der Waals surface area (Å²) in [6, 6.07) is 7.83. The third-order valence-corrected chi connectivity index (χ3v) is 5.32. The zero-order valence-electron chi connectivity index (χ0n) is 15.0. The Morgan fingerprint density at radius 1 is 1.10 bits per heavy atom. The van der Waals surface area contributed by atoms with E-state index in [9.17, 15) is 18.0 Å². The Hall–Kier alpha value is -1.93. The monoisotopic (exact) mass is 465 g/mol. The second-order valence-corrected chi connectivity index (χ2v) is 7.50. The lowest BCUT2D eigenvalue weighted by Gasteiger charge is -2.30. The topological polar surface area (TPSA) is 47.6 Å². The van der Waals surface area contributed by atoms with Gasteiger partial charge in [0.25, 0.3) is 5.60 Å². The molecule has 2 aromatic rings. The molecule has 1 aliphatic rings. The predicted molar refractivity (Wildman–Crippen MR) is 104 cm³/mol. The number of hydrogen-bond acceptors (Lipinski definition) is 4. The summed E-state index contributed by atoms with van der Waals surface area (Å²) in [5.41, 5.74) is -0.154. The number of methoxy groups -OCH3 is 1. The van der Waals surface area contributed by atoms with E-state index in [1.54, 1.807) is 6.92 Å². The minimum Gasteiger partial charge on any atom is -0.465 e. The van der Waals surface area contributed by atoms with E-state index < -0.39 is 22.8 Å². The number of nitrogens with one attached hydrogen (secondary N) is 1. The maximum atomic E-state index is 14.2. The largest absolute Gasteiger partial charge is 0.465 e. The highest BCUT2D eigenvalue weighted by atomic mass is 35.5. The minimum absolute atomic E-state index is 0.00378. The summed E-state index contributed by atoms with van der Waals surface area (Å²) < 4.78 is 47.2. The van der Waals surface area contributed by atoms with Crippen LogP contribution < -0.4 is 5.48 Å². The van der Waals surface area contributed by atoms with Crippen LogP contribution in [0.25, 0.3) is 5.70 Å². The summed E-state index contributed by atoms with van der Waals surface area (Å²) in [5, 5.41) is -0.652. The number of rotatable bonds is 3. The van der Waals surface area contributed by atoms with Crippen molar-refractivity contribution in [3.05, 3.63) is 73.7 Å². The molecule has 0 fully saturated rings. The highest BCUT2D eigenvalue weighted by Gasteiger charge is 2.64. The molecule has 1 atom stereocenters. The molecule has 0 saturated carbocycles. The lowest BCUT2D eigenvalue weighted by Crippen LogP contribution is -2.44. The van der Waals surface area contributed by atoms with Crippen LogP contribution in [0.15, 0.2) is 41.4 Å². The van der Waals surface area contributed by atoms with Crippen molar-refractivity contribution in [2.24, 2.45) is 0 Å². The molecule has 0 spiro atoms. The number of hydrogen-bond donors (Lipinski definition) is 1. The van der Waals surface area contributed by atoms with Crippen LogP contribution in [0, 0.1) is 6.92 Å². The van der Waals surface area contributed by atoms with Crippen LogP contribution in [-0.4, -0.2) is 19.3 Å². The number of aryl methyl sites for hydroxylation is 1. The Bertz CT molecular complexity index is 1000. The molecule has 1 unspecified atom stereocenters. The summed E-state index contributed by atoms with van der Waals surface area (Å²) >= 11 is 18.0. The molecule has 1 heterocycles. The number of benzene rings is 2. The average Bonchev–Trinajstić information content (AvgIpc) is 2.98. The van der Waals surface area contributed by atoms with Gasteiger partial charge < -0.3 is 4.74 Å². The van der Waals surface area contributed by atoms with Crippen molar-refractivity contribution in [3.8, 4) is 0 Å². The number of carbonyl (C=O) groups is 1. The van der Waals surface area contributed by atoms with E-state index in [1.165, 1.54) is 31.4 Å². The molecule has 0 radical (unpaired) electrons. The Morgan fingerprint density at radius 3 is 2.24 bits per heavy atom. The van der Waals surface area contributed by atoms with Crippen LogP contribution >= 0.6 is 34.8 Å². The number of hydroxylamine groups is 1. The van der Waals surface area contributed by atoms with Crippen LogP contribution in [0.2, 0.25) is 10.0 Å². The van der Waals surface area contributed by atoms with E-state index in [0.29, 0.717) is 11.1 Å². The van der Waals surface area contributed by atoms with Crippen LogP contribution in [0.5, 0.6) is 0 Å². The van der Waals surface area contributed by atoms with E-state index in [4.69, 9.17) is 39.6 Å². The van der Waals surface area contributed by atoms with Crippen molar-refractivity contribution in [3.63, 3.8) is 0 Å². The molecule has 0 aromatic heterocycles. The molecule has 0 aliphatic carbocycles. The van der Waals surface area contributed by atoms with Gasteiger partial charge >= 0.3 is 12.1 Å². The maximum Gasteiger partial charge on any atom is 0.429 e. The van der Waals surface area contributed by atoms with Crippen molar-refractivity contribution >= 4 is 46.5 Å². The first kappa shape index (κ1) is 21.8. The van der Waals surface area contributed by atoms with Crippen molar-refractivity contribution in [2.45, 2.75) is 18.7 Å². The first-order valence-electron chi connectivity index (χ1n) is 8.08. The van der Waals surface area contributed by atoms with Crippen molar-refractivity contribution in [1.82, 2.24) is 5.48 Å². The summed E-state index contributed by atoms with van der Waals surface area (Å²) in [4.78, 5) is 16.8. The zero-order valence-corrected chi connectivity index (χ0v) is 17.2. The molecule has 0 bridgehead atoms. The van der Waals surface area contributed by atoms with Gasteiger partial charge in [-0.15, -0.1) is 0 Å². The lowest BCUT2D eigenvalue weighted by molar-refractivity contribution is -0.271. The molecular weight excluding hydrogens is 454 g/mol. The average molecular weight is 467 g/mol. The number of alkyl halides is 3. The lowest BCUT2D eigenvalue weighted by atomic mass is 9.91. The molecule has 0 amide bonds. The Kier molecular flexibility index (Phi) is 5.80. The Labute approximate surface area is 179 Å². The highest BCUT2D eigenvalue weighted by molar-refractivity contribution is 6.35. The standard InChI is InChI=1S/C19H13Cl3F3NO3/c1-9-5-10(3-4-14(9)17(27)28-2)15-16(22)18(29-26-15,19(23,24)25)11-6-12(20)8-13(21)7-11/h3-8,26H,1-2H3. The first-order valence-corrected chi connectivity index (χ1v) is 9.21. The fraction of sp³-hybridized carbons (Fsp3) is 0.211. The Balaban J connectivity index is 2.18. The number of esters is 1. The molecule has 10 heteroatoms. The van der Waals surface area contributed by atoms with E-state index in [-0.39, 0.29) is 26.9 Å². The molecule has 4 nitrogen and oxygen atoms in total. The molecule has 1 aliphatic heterocycles. The molecule has 1 N–H and O–H groups in total. The normalized spacial score (nSPS) is 19.3. The van der Waals surface area contributed by atoms with E-state index in [0.717, 1.165) is 12.1 Å². The minimum atomic E-state index is -4.94. The van der Waals surface area contributed by atoms with Crippen molar-refractivity contribution in [2.75, 3.05) is 7.11 Å². The number of carbonyl (C=O) groups excluding carboxylic acids is 1. The molecule has 0 saturated heterocycles. The fourth-order valence-corrected chi connectivity index (χ4v) is 3.95. The van der Waals surface area contributed by atoms with Crippen LogP contribution in [-0.2, 0) is 15.2 Å². The van der Waals surface area contributed by atoms with Gasteiger partial charge in [-0.05, 0) is 42.8 Å². The Morgan fingerprint density at radius 2 is 1.72 bits per heavy atom. The second kappa shape index (κ2) is 7.72. The predicted octanol–water partition coefficient (Wildman–Crippen LogP) is 5.99. The van der Waals surface area contributed by atoms with Gasteiger partial charge in [-0.1, -0.05) is 40.9 Å². The smallest absolute Gasteiger partial charge is 0.429 e. The maximum absolute atomic E-state index is 14.2. The number of halogens is 6. The first-order chi connectivity index (χ1) is 13.5. The molecule has 2 aromatic carbocycles. The van der Waals surface area contributed by atoms with Gasteiger partial charge in [0, 0.05) is 21.2 Å². The van der Waals surface area contributed by atoms with Gasteiger partial charge in [-0.3, -0.25) is 5.48 Å². The van der Waals surface area contributed by atoms with E-state index >= 15 is 0 Å². The third kappa shape index (κ3) is 3.68. The van der Waals surface area contributed by atoms with Crippen molar-refractivity contribution < 1.29 is 27.5 Å². The van der Waals surface area contributed by atoms with Gasteiger partial charge in [-0.2, -0.15) is 13.2 Å². The second-order valence-electron chi connectivity index (χ2n) is 6.25. The van der Waals surface area contributed by atoms with Crippen LogP contribution in [0.3, 0.4) is 0 Å². The van der Waals surface area contributed by atoms with Crippen molar-refractivity contribution in [1.29, 1.82) is 0 Å². The summed E-state index contributed by atoms with van der Waals surface area (Å²) in [5.74, 6) is -0.567. The van der Waals surface area contributed by atoms with E-state index in [1.807, 2.05) is 0 Å². The SMILES string of the molecule is COC(=O)c1ccc(C2=C(Cl)C(c3cc(Cl)cc(Cl)c3)(C(F)(F)F)ON2)cc1C. The summed E-state index contributed by atoms with van der Waals surface area (Å²) in [7, 11) is 1.23. The van der Waals surface area contributed by atoms with Gasteiger partial charge in [0.1, 0.15) is 0 Å². The van der Waals surface area contributed by atoms with E-state index in [2.05, 4.69) is 10.2 Å².